The number of para-hydroxylation sites is 1. The molecule has 0 spiro atoms. The molecule has 1 unspecified atom stereocenters. The Morgan fingerprint density at radius 2 is 1.76 bits per heavy atom. The van der Waals surface area contributed by atoms with Gasteiger partial charge in [-0.1, -0.05) is 59.9 Å². The van der Waals surface area contributed by atoms with Gasteiger partial charge in [-0.2, -0.15) is 0 Å². The molecule has 5 aromatic rings. The molecule has 3 heterocycles. The van der Waals surface area contributed by atoms with Crippen molar-refractivity contribution in [1.29, 1.82) is 0 Å². The Morgan fingerprint density at radius 3 is 2.55 bits per heavy atom. The predicted molar refractivity (Wildman–Crippen MR) is 148 cm³/mol. The van der Waals surface area contributed by atoms with Crippen LogP contribution >= 0.6 is 11.3 Å². The zero-order valence-corrected chi connectivity index (χ0v) is 21.3. The minimum absolute atomic E-state index is 0.0256. The van der Waals surface area contributed by atoms with Crippen LogP contribution in [-0.2, 0) is 4.79 Å². The molecule has 3 aromatic carbocycles. The van der Waals surface area contributed by atoms with Crippen molar-refractivity contribution in [3.05, 3.63) is 95.5 Å². The van der Waals surface area contributed by atoms with Crippen LogP contribution in [0.2, 0.25) is 0 Å². The molecule has 9 heteroatoms. The molecule has 38 heavy (non-hydrogen) atoms. The molecule has 1 atom stereocenters. The van der Waals surface area contributed by atoms with Gasteiger partial charge in [-0.15, -0.1) is 10.2 Å². The highest BCUT2D eigenvalue weighted by atomic mass is 32.1. The number of fused-ring (bicyclic) bond motifs is 1. The Labute approximate surface area is 222 Å². The number of pyridine rings is 1. The highest BCUT2D eigenvalue weighted by Crippen LogP contribution is 2.35. The highest BCUT2D eigenvalue weighted by molar-refractivity contribution is 7.15. The summed E-state index contributed by atoms with van der Waals surface area (Å²) in [6.45, 7) is 0.503. The van der Waals surface area contributed by atoms with E-state index in [9.17, 15) is 9.59 Å². The van der Waals surface area contributed by atoms with Crippen LogP contribution in [-0.4, -0.2) is 40.7 Å². The number of hydrogen-bond acceptors (Lipinski definition) is 7. The molecule has 1 saturated heterocycles. The SMILES string of the molecule is COc1ccc(N2CC(c3nnc(NC(=O)c4cc(-c5ccccc5)nc5ccccc45)s3)CC2=O)cc1. The number of nitrogens with zero attached hydrogens (tertiary/aromatic N) is 4. The maximum atomic E-state index is 13.4. The fraction of sp³-hybridized carbons (Fsp3) is 0.138. The van der Waals surface area contributed by atoms with Crippen LogP contribution in [0.1, 0.15) is 27.7 Å². The number of hydrogen-bond donors (Lipinski definition) is 1. The molecular weight excluding hydrogens is 498 g/mol. The number of carbonyl (C=O) groups excluding carboxylic acids is 2. The van der Waals surface area contributed by atoms with Crippen molar-refractivity contribution in [2.24, 2.45) is 0 Å². The number of amides is 2. The quantitative estimate of drug-likeness (QED) is 0.315. The summed E-state index contributed by atoms with van der Waals surface area (Å²) in [6.07, 6.45) is 0.337. The number of ether oxygens (including phenoxy) is 1. The summed E-state index contributed by atoms with van der Waals surface area (Å²) in [4.78, 5) is 32.6. The summed E-state index contributed by atoms with van der Waals surface area (Å²) in [5, 5.41) is 13.3. The van der Waals surface area contributed by atoms with Gasteiger partial charge in [0.05, 0.1) is 23.9 Å². The molecule has 2 amide bonds. The Kier molecular flexibility index (Phi) is 6.27. The Morgan fingerprint density at radius 1 is 1.00 bits per heavy atom. The smallest absolute Gasteiger partial charge is 0.258 e. The van der Waals surface area contributed by atoms with Gasteiger partial charge in [0.1, 0.15) is 10.8 Å². The minimum atomic E-state index is -0.286. The summed E-state index contributed by atoms with van der Waals surface area (Å²) in [5.74, 6) is 0.377. The number of benzene rings is 3. The number of aromatic nitrogens is 3. The van der Waals surface area contributed by atoms with Gasteiger partial charge < -0.3 is 9.64 Å². The lowest BCUT2D eigenvalue weighted by Gasteiger charge is -2.16. The van der Waals surface area contributed by atoms with Crippen molar-refractivity contribution in [3.63, 3.8) is 0 Å². The maximum Gasteiger partial charge on any atom is 0.258 e. The zero-order chi connectivity index (χ0) is 26.1. The van der Waals surface area contributed by atoms with Gasteiger partial charge in [0, 0.05) is 35.5 Å². The summed E-state index contributed by atoms with van der Waals surface area (Å²) in [5.41, 5.74) is 3.71. The topological polar surface area (TPSA) is 97.3 Å². The van der Waals surface area contributed by atoms with E-state index >= 15 is 0 Å². The van der Waals surface area contributed by atoms with Gasteiger partial charge in [0.15, 0.2) is 0 Å². The average Bonchev–Trinajstić information content (AvgIpc) is 3.59. The van der Waals surface area contributed by atoms with E-state index in [2.05, 4.69) is 15.5 Å². The Balaban J connectivity index is 1.22. The molecule has 8 nitrogen and oxygen atoms in total. The molecule has 1 N–H and O–H groups in total. The van der Waals surface area contributed by atoms with Crippen molar-refractivity contribution >= 4 is 44.9 Å². The maximum absolute atomic E-state index is 13.4. The number of anilines is 2. The molecule has 0 bridgehead atoms. The summed E-state index contributed by atoms with van der Waals surface area (Å²) in [7, 11) is 1.61. The molecule has 1 aliphatic heterocycles. The first-order valence-corrected chi connectivity index (χ1v) is 12.9. The van der Waals surface area contributed by atoms with Gasteiger partial charge >= 0.3 is 0 Å². The van der Waals surface area contributed by atoms with Crippen LogP contribution in [0.5, 0.6) is 5.75 Å². The van der Waals surface area contributed by atoms with Gasteiger partial charge in [0.2, 0.25) is 11.0 Å². The Bertz CT molecular complexity index is 1640. The minimum Gasteiger partial charge on any atom is -0.497 e. The fourth-order valence-corrected chi connectivity index (χ4v) is 5.45. The number of rotatable bonds is 6. The van der Waals surface area contributed by atoms with E-state index in [4.69, 9.17) is 9.72 Å². The van der Waals surface area contributed by atoms with Gasteiger partial charge in [-0.3, -0.25) is 14.9 Å². The molecule has 188 valence electrons. The van der Waals surface area contributed by atoms with E-state index in [1.165, 1.54) is 11.3 Å². The largest absolute Gasteiger partial charge is 0.497 e. The first kappa shape index (κ1) is 23.7. The molecule has 0 radical (unpaired) electrons. The lowest BCUT2D eigenvalue weighted by Crippen LogP contribution is -2.24. The third kappa shape index (κ3) is 4.59. The van der Waals surface area contributed by atoms with Crippen molar-refractivity contribution in [2.75, 3.05) is 23.9 Å². The monoisotopic (exact) mass is 521 g/mol. The van der Waals surface area contributed by atoms with Crippen LogP contribution in [0.4, 0.5) is 10.8 Å². The predicted octanol–water partition coefficient (Wildman–Crippen LogP) is 5.53. The van der Waals surface area contributed by atoms with Crippen molar-refractivity contribution < 1.29 is 14.3 Å². The van der Waals surface area contributed by atoms with Crippen LogP contribution in [0.3, 0.4) is 0 Å². The first-order valence-electron chi connectivity index (χ1n) is 12.1. The molecule has 1 aliphatic rings. The van der Waals surface area contributed by atoms with E-state index < -0.39 is 0 Å². The summed E-state index contributed by atoms with van der Waals surface area (Å²) >= 11 is 1.30. The Hall–Kier alpha value is -4.63. The molecule has 1 fully saturated rings. The first-order chi connectivity index (χ1) is 18.6. The van der Waals surface area contributed by atoms with Crippen LogP contribution in [0, 0.1) is 0 Å². The summed E-state index contributed by atoms with van der Waals surface area (Å²) in [6, 6.07) is 26.5. The average molecular weight is 522 g/mol. The number of nitrogens with one attached hydrogen (secondary N) is 1. The van der Waals surface area contributed by atoms with Crippen LogP contribution in [0.15, 0.2) is 84.9 Å². The molecule has 0 saturated carbocycles. The molecule has 6 rings (SSSR count). The second-order valence-electron chi connectivity index (χ2n) is 8.94. The molecular formula is C29H23N5O3S. The lowest BCUT2D eigenvalue weighted by atomic mass is 10.0. The molecule has 2 aromatic heterocycles. The van der Waals surface area contributed by atoms with E-state index in [1.807, 2.05) is 78.9 Å². The van der Waals surface area contributed by atoms with Crippen molar-refractivity contribution in [3.8, 4) is 17.0 Å². The van der Waals surface area contributed by atoms with Gasteiger partial charge in [0.25, 0.3) is 5.91 Å². The third-order valence-electron chi connectivity index (χ3n) is 6.55. The summed E-state index contributed by atoms with van der Waals surface area (Å²) < 4.78 is 5.21. The number of methoxy groups -OCH3 is 1. The van der Waals surface area contributed by atoms with E-state index in [0.717, 1.165) is 33.6 Å². The highest BCUT2D eigenvalue weighted by Gasteiger charge is 2.34. The van der Waals surface area contributed by atoms with E-state index in [-0.39, 0.29) is 17.7 Å². The van der Waals surface area contributed by atoms with Crippen molar-refractivity contribution in [2.45, 2.75) is 12.3 Å². The van der Waals surface area contributed by atoms with E-state index in [1.54, 1.807) is 18.1 Å². The van der Waals surface area contributed by atoms with Crippen molar-refractivity contribution in [1.82, 2.24) is 15.2 Å². The lowest BCUT2D eigenvalue weighted by molar-refractivity contribution is -0.117. The standard InChI is InChI=1S/C29H23N5O3S/c1-37-21-13-11-20(12-14-21)34-17-19(15-26(34)35)28-32-33-29(38-28)31-27(36)23-16-25(18-7-3-2-4-8-18)30-24-10-6-5-9-22(23)24/h2-14,16,19H,15,17H2,1H3,(H,31,33,36). The van der Waals surface area contributed by atoms with Crippen LogP contribution < -0.4 is 15.0 Å². The molecule has 0 aliphatic carbocycles. The van der Waals surface area contributed by atoms with Gasteiger partial charge in [-0.05, 0) is 36.4 Å². The third-order valence-corrected chi connectivity index (χ3v) is 7.55. The normalized spacial score (nSPS) is 15.1. The number of carbonyl (C=O) groups is 2. The fourth-order valence-electron chi connectivity index (χ4n) is 4.62. The van der Waals surface area contributed by atoms with E-state index in [0.29, 0.717) is 28.7 Å². The second kappa shape index (κ2) is 10.0. The van der Waals surface area contributed by atoms with Gasteiger partial charge in [-0.25, -0.2) is 4.98 Å². The van der Waals surface area contributed by atoms with Crippen LogP contribution in [0.25, 0.3) is 22.2 Å². The zero-order valence-electron chi connectivity index (χ0n) is 20.5. The second-order valence-corrected chi connectivity index (χ2v) is 9.95.